The lowest BCUT2D eigenvalue weighted by Gasteiger charge is -2.04. The van der Waals surface area contributed by atoms with Crippen LogP contribution >= 0.6 is 0 Å². The zero-order chi connectivity index (χ0) is 11.0. The minimum absolute atomic E-state index is 0.641. The van der Waals surface area contributed by atoms with E-state index in [9.17, 15) is 0 Å². The average molecular weight is 196 g/mol. The second-order valence-corrected chi connectivity index (χ2v) is 4.13. The van der Waals surface area contributed by atoms with Gasteiger partial charge in [0.2, 0.25) is 0 Å². The van der Waals surface area contributed by atoms with E-state index < -0.39 is 0 Å². The number of rotatable bonds is 6. The normalized spacial score (nSPS) is 13.6. The first-order valence-electron chi connectivity index (χ1n) is 5.49. The monoisotopic (exact) mass is 196 g/mol. The van der Waals surface area contributed by atoms with Crippen LogP contribution < -0.4 is 5.32 Å². The van der Waals surface area contributed by atoms with E-state index in [2.05, 4.69) is 51.0 Å². The number of hydrogen-bond donors (Lipinski definition) is 1. The van der Waals surface area contributed by atoms with Crippen molar-refractivity contribution in [3.8, 4) is 0 Å². The highest BCUT2D eigenvalue weighted by Gasteiger charge is 1.92. The molecule has 2 heteroatoms. The minimum Gasteiger partial charge on any atom is -0.389 e. The number of aliphatic imine (C=N–C) groups is 1. The SMILES string of the molecule is CCCNC(C)=CC(C)=NCC(C)C. The molecule has 0 aromatic heterocycles. The van der Waals surface area contributed by atoms with E-state index in [1.54, 1.807) is 0 Å². The van der Waals surface area contributed by atoms with E-state index in [0.717, 1.165) is 25.2 Å². The quantitative estimate of drug-likeness (QED) is 0.649. The van der Waals surface area contributed by atoms with Gasteiger partial charge in [0.15, 0.2) is 0 Å². The number of nitrogens with zero attached hydrogens (tertiary/aromatic N) is 1. The molecule has 0 radical (unpaired) electrons. The third-order valence-electron chi connectivity index (χ3n) is 1.79. The van der Waals surface area contributed by atoms with Gasteiger partial charge in [0.25, 0.3) is 0 Å². The molecule has 0 aromatic carbocycles. The Kier molecular flexibility index (Phi) is 7.17. The van der Waals surface area contributed by atoms with Crippen molar-refractivity contribution in [3.05, 3.63) is 11.8 Å². The molecule has 82 valence electrons. The molecule has 0 aliphatic rings. The van der Waals surface area contributed by atoms with Crippen molar-refractivity contribution >= 4 is 5.71 Å². The molecule has 1 N–H and O–H groups in total. The summed E-state index contributed by atoms with van der Waals surface area (Å²) in [5.74, 6) is 0.641. The van der Waals surface area contributed by atoms with Crippen LogP contribution in [0.3, 0.4) is 0 Å². The molecule has 0 amide bonds. The Morgan fingerprint density at radius 1 is 1.36 bits per heavy atom. The van der Waals surface area contributed by atoms with E-state index in [1.807, 2.05) is 0 Å². The van der Waals surface area contributed by atoms with Crippen LogP contribution in [0.2, 0.25) is 0 Å². The fourth-order valence-corrected chi connectivity index (χ4v) is 1.06. The summed E-state index contributed by atoms with van der Waals surface area (Å²) in [6, 6.07) is 0. The number of nitrogens with one attached hydrogen (secondary N) is 1. The lowest BCUT2D eigenvalue weighted by Crippen LogP contribution is -2.12. The van der Waals surface area contributed by atoms with Gasteiger partial charge >= 0.3 is 0 Å². The predicted molar refractivity (Wildman–Crippen MR) is 64.9 cm³/mol. The first-order valence-corrected chi connectivity index (χ1v) is 5.49. The minimum atomic E-state index is 0.641. The van der Waals surface area contributed by atoms with Gasteiger partial charge < -0.3 is 5.32 Å². The molecular weight excluding hydrogens is 172 g/mol. The maximum Gasteiger partial charge on any atom is 0.0415 e. The van der Waals surface area contributed by atoms with Crippen LogP contribution in [-0.2, 0) is 0 Å². The molecular formula is C12H24N2. The zero-order valence-electron chi connectivity index (χ0n) is 10.2. The van der Waals surface area contributed by atoms with Gasteiger partial charge in [-0.25, -0.2) is 0 Å². The Labute approximate surface area is 88.5 Å². The summed E-state index contributed by atoms with van der Waals surface area (Å²) in [5, 5.41) is 3.33. The molecule has 14 heavy (non-hydrogen) atoms. The Morgan fingerprint density at radius 2 is 2.00 bits per heavy atom. The molecule has 0 aliphatic heterocycles. The van der Waals surface area contributed by atoms with E-state index in [4.69, 9.17) is 0 Å². The lowest BCUT2D eigenvalue weighted by molar-refractivity contribution is 0.665. The third kappa shape index (κ3) is 7.84. The molecule has 0 bridgehead atoms. The molecule has 0 fully saturated rings. The van der Waals surface area contributed by atoms with Gasteiger partial charge in [-0.05, 0) is 32.3 Å². The molecule has 0 aliphatic carbocycles. The maximum atomic E-state index is 4.47. The highest BCUT2D eigenvalue weighted by atomic mass is 14.9. The smallest absolute Gasteiger partial charge is 0.0415 e. The van der Waals surface area contributed by atoms with E-state index in [0.29, 0.717) is 5.92 Å². The van der Waals surface area contributed by atoms with E-state index in [-0.39, 0.29) is 0 Å². The molecule has 0 unspecified atom stereocenters. The summed E-state index contributed by atoms with van der Waals surface area (Å²) in [6.07, 6.45) is 3.27. The summed E-state index contributed by atoms with van der Waals surface area (Å²) >= 11 is 0. The highest BCUT2D eigenvalue weighted by molar-refractivity contribution is 5.93. The Hall–Kier alpha value is -0.790. The zero-order valence-corrected chi connectivity index (χ0v) is 10.2. The summed E-state index contributed by atoms with van der Waals surface area (Å²) in [4.78, 5) is 4.47. The molecule has 2 nitrogen and oxygen atoms in total. The van der Waals surface area contributed by atoms with Crippen LogP contribution in [0.4, 0.5) is 0 Å². The van der Waals surface area contributed by atoms with Crippen molar-refractivity contribution in [2.24, 2.45) is 10.9 Å². The Bertz CT molecular complexity index is 202. The Balaban J connectivity index is 3.99. The summed E-state index contributed by atoms with van der Waals surface area (Å²) < 4.78 is 0. The molecule has 0 rings (SSSR count). The third-order valence-corrected chi connectivity index (χ3v) is 1.79. The molecule has 0 saturated carbocycles. The second-order valence-electron chi connectivity index (χ2n) is 4.13. The lowest BCUT2D eigenvalue weighted by atomic mass is 10.2. The van der Waals surface area contributed by atoms with Crippen molar-refractivity contribution < 1.29 is 0 Å². The van der Waals surface area contributed by atoms with Gasteiger partial charge in [-0.15, -0.1) is 0 Å². The first-order chi connectivity index (χ1) is 6.56. The van der Waals surface area contributed by atoms with Gasteiger partial charge in [0.1, 0.15) is 0 Å². The van der Waals surface area contributed by atoms with Crippen molar-refractivity contribution in [1.82, 2.24) is 5.32 Å². The highest BCUT2D eigenvalue weighted by Crippen LogP contribution is 1.95. The van der Waals surface area contributed by atoms with Crippen LogP contribution in [0.25, 0.3) is 0 Å². The van der Waals surface area contributed by atoms with Gasteiger partial charge in [-0.2, -0.15) is 0 Å². The van der Waals surface area contributed by atoms with Gasteiger partial charge in [0, 0.05) is 24.5 Å². The topological polar surface area (TPSA) is 24.4 Å². The van der Waals surface area contributed by atoms with E-state index >= 15 is 0 Å². The molecule has 0 saturated heterocycles. The molecule has 0 aromatic rings. The van der Waals surface area contributed by atoms with E-state index in [1.165, 1.54) is 5.70 Å². The fourth-order valence-electron chi connectivity index (χ4n) is 1.06. The fraction of sp³-hybridized carbons (Fsp3) is 0.750. The standard InChI is InChI=1S/C12H24N2/c1-6-7-13-11(4)8-12(5)14-9-10(2)3/h8,10,13H,6-7,9H2,1-5H3. The van der Waals surface area contributed by atoms with Gasteiger partial charge in [-0.1, -0.05) is 20.8 Å². The van der Waals surface area contributed by atoms with Crippen molar-refractivity contribution in [1.29, 1.82) is 0 Å². The largest absolute Gasteiger partial charge is 0.389 e. The maximum absolute atomic E-state index is 4.47. The molecule has 0 atom stereocenters. The first kappa shape index (κ1) is 13.2. The summed E-state index contributed by atoms with van der Waals surface area (Å²) in [5.41, 5.74) is 2.32. The summed E-state index contributed by atoms with van der Waals surface area (Å²) in [7, 11) is 0. The van der Waals surface area contributed by atoms with Crippen LogP contribution in [0.1, 0.15) is 41.0 Å². The summed E-state index contributed by atoms with van der Waals surface area (Å²) in [6.45, 7) is 12.6. The van der Waals surface area contributed by atoms with Crippen molar-refractivity contribution in [2.75, 3.05) is 13.1 Å². The second kappa shape index (κ2) is 7.60. The Morgan fingerprint density at radius 3 is 2.50 bits per heavy atom. The van der Waals surface area contributed by atoms with Crippen LogP contribution in [0, 0.1) is 5.92 Å². The molecule has 0 spiro atoms. The van der Waals surface area contributed by atoms with Gasteiger partial charge in [-0.3, -0.25) is 4.99 Å². The van der Waals surface area contributed by atoms with Gasteiger partial charge in [0.05, 0.1) is 0 Å². The molecule has 0 heterocycles. The van der Waals surface area contributed by atoms with Crippen molar-refractivity contribution in [2.45, 2.75) is 41.0 Å². The number of hydrogen-bond acceptors (Lipinski definition) is 2. The predicted octanol–water partition coefficient (Wildman–Crippen LogP) is 3.01. The van der Waals surface area contributed by atoms with Crippen molar-refractivity contribution in [3.63, 3.8) is 0 Å². The number of allylic oxidation sites excluding steroid dienone is 2. The van der Waals surface area contributed by atoms with Crippen LogP contribution in [0.15, 0.2) is 16.8 Å². The van der Waals surface area contributed by atoms with Crippen LogP contribution in [0.5, 0.6) is 0 Å². The van der Waals surface area contributed by atoms with Crippen LogP contribution in [-0.4, -0.2) is 18.8 Å². The average Bonchev–Trinajstić information content (AvgIpc) is 2.11.